The van der Waals surface area contributed by atoms with Crippen LogP contribution in [0.1, 0.15) is 32.3 Å². The summed E-state index contributed by atoms with van der Waals surface area (Å²) >= 11 is 0. The Morgan fingerprint density at radius 1 is 1.31 bits per heavy atom. The van der Waals surface area contributed by atoms with Gasteiger partial charge in [0.2, 0.25) is 5.91 Å². The van der Waals surface area contributed by atoms with Crippen molar-refractivity contribution in [2.45, 2.75) is 39.3 Å². The largest absolute Gasteiger partial charge is 0.375 e. The van der Waals surface area contributed by atoms with Gasteiger partial charge >= 0.3 is 0 Å². The number of rotatable bonds is 8. The van der Waals surface area contributed by atoms with Crippen LogP contribution in [0.3, 0.4) is 0 Å². The summed E-state index contributed by atoms with van der Waals surface area (Å²) in [6, 6.07) is 4.09. The number of morpholine rings is 1. The lowest BCUT2D eigenvalue weighted by Gasteiger charge is -2.32. The lowest BCUT2D eigenvalue weighted by atomic mass is 10.2. The van der Waals surface area contributed by atoms with Gasteiger partial charge in [0, 0.05) is 44.8 Å². The maximum atomic E-state index is 11.7. The van der Waals surface area contributed by atoms with E-state index < -0.39 is 0 Å². The fourth-order valence-corrected chi connectivity index (χ4v) is 3.13. The summed E-state index contributed by atoms with van der Waals surface area (Å²) in [4.78, 5) is 23.1. The predicted octanol–water partition coefficient (Wildman–Crippen LogP) is 1.51. The molecule has 0 spiro atoms. The van der Waals surface area contributed by atoms with Crippen LogP contribution in [0.2, 0.25) is 0 Å². The molecule has 1 unspecified atom stereocenters. The average Bonchev–Trinajstić information content (AvgIpc) is 3.55. The van der Waals surface area contributed by atoms with Crippen LogP contribution in [0.15, 0.2) is 23.3 Å². The summed E-state index contributed by atoms with van der Waals surface area (Å²) in [5, 5.41) is 9.47. The molecule has 1 aliphatic heterocycles. The fraction of sp³-hybridized carbons (Fsp3) is 0.650. The average molecular weight is 516 g/mol. The quantitative estimate of drug-likeness (QED) is 0.210. The van der Waals surface area contributed by atoms with Crippen LogP contribution in [0.5, 0.6) is 0 Å². The van der Waals surface area contributed by atoms with E-state index in [-0.39, 0.29) is 41.9 Å². The molecular weight excluding hydrogens is 483 g/mol. The topological polar surface area (TPSA) is 90.9 Å². The number of hydrogen-bond donors (Lipinski definition) is 3. The number of halogens is 1. The molecule has 2 heterocycles. The number of ether oxygens (including phenoxy) is 1. The van der Waals surface area contributed by atoms with Crippen molar-refractivity contribution in [1.29, 1.82) is 0 Å². The minimum Gasteiger partial charge on any atom is -0.375 e. The zero-order chi connectivity index (χ0) is 19.8. The first-order chi connectivity index (χ1) is 13.7. The van der Waals surface area contributed by atoms with Crippen LogP contribution < -0.4 is 20.9 Å². The SMILES string of the molecule is CCNC(=NCc1ccnc(N2CCOC(C)C2)c1)NCCNC(=O)C1CC1.I. The molecular formula is C20H33IN6O2. The van der Waals surface area contributed by atoms with Crippen molar-refractivity contribution < 1.29 is 9.53 Å². The number of anilines is 1. The van der Waals surface area contributed by atoms with E-state index in [9.17, 15) is 4.79 Å². The molecule has 0 radical (unpaired) electrons. The van der Waals surface area contributed by atoms with Crippen LogP contribution in [0.25, 0.3) is 0 Å². The smallest absolute Gasteiger partial charge is 0.223 e. The Morgan fingerprint density at radius 2 is 2.10 bits per heavy atom. The van der Waals surface area contributed by atoms with Gasteiger partial charge in [-0.2, -0.15) is 0 Å². The molecule has 1 saturated carbocycles. The van der Waals surface area contributed by atoms with Crippen molar-refractivity contribution >= 4 is 41.7 Å². The highest BCUT2D eigenvalue weighted by atomic mass is 127. The van der Waals surface area contributed by atoms with Gasteiger partial charge in [-0.25, -0.2) is 9.98 Å². The zero-order valence-corrected chi connectivity index (χ0v) is 19.6. The number of amides is 1. The zero-order valence-electron chi connectivity index (χ0n) is 17.3. The van der Waals surface area contributed by atoms with Crippen LogP contribution in [0.4, 0.5) is 5.82 Å². The molecule has 1 aliphatic carbocycles. The second kappa shape index (κ2) is 12.2. The molecule has 3 N–H and O–H groups in total. The Labute approximate surface area is 190 Å². The van der Waals surface area contributed by atoms with Crippen molar-refractivity contribution in [2.24, 2.45) is 10.9 Å². The first-order valence-electron chi connectivity index (χ1n) is 10.3. The van der Waals surface area contributed by atoms with Crippen molar-refractivity contribution in [2.75, 3.05) is 44.2 Å². The molecule has 8 nitrogen and oxygen atoms in total. The Bertz CT molecular complexity index is 683. The highest BCUT2D eigenvalue weighted by molar-refractivity contribution is 14.0. The maximum Gasteiger partial charge on any atom is 0.223 e. The van der Waals surface area contributed by atoms with Crippen LogP contribution >= 0.6 is 24.0 Å². The van der Waals surface area contributed by atoms with Gasteiger partial charge in [0.25, 0.3) is 0 Å². The minimum absolute atomic E-state index is 0. The molecule has 2 fully saturated rings. The van der Waals surface area contributed by atoms with E-state index in [0.29, 0.717) is 19.6 Å². The number of guanidine groups is 1. The minimum atomic E-state index is 0. The molecule has 1 aromatic rings. The Balaban J connectivity index is 0.00000300. The summed E-state index contributed by atoms with van der Waals surface area (Å²) in [6.45, 7) is 9.19. The highest BCUT2D eigenvalue weighted by Crippen LogP contribution is 2.28. The summed E-state index contributed by atoms with van der Waals surface area (Å²) < 4.78 is 5.61. The Kier molecular flexibility index (Phi) is 9.92. The van der Waals surface area contributed by atoms with Gasteiger partial charge in [0.1, 0.15) is 5.82 Å². The number of pyridine rings is 1. The van der Waals surface area contributed by atoms with Crippen LogP contribution in [0, 0.1) is 5.92 Å². The monoisotopic (exact) mass is 516 g/mol. The van der Waals surface area contributed by atoms with E-state index in [2.05, 4.69) is 43.8 Å². The normalized spacial score (nSPS) is 19.3. The van der Waals surface area contributed by atoms with Gasteiger partial charge < -0.3 is 25.6 Å². The van der Waals surface area contributed by atoms with Gasteiger partial charge in [0.15, 0.2) is 5.96 Å². The molecule has 162 valence electrons. The third-order valence-electron chi connectivity index (χ3n) is 4.80. The van der Waals surface area contributed by atoms with Crippen LogP contribution in [-0.2, 0) is 16.1 Å². The number of nitrogens with zero attached hydrogens (tertiary/aromatic N) is 3. The summed E-state index contributed by atoms with van der Waals surface area (Å²) in [5.74, 6) is 2.15. The van der Waals surface area contributed by atoms with Gasteiger partial charge in [-0.1, -0.05) is 0 Å². The fourth-order valence-electron chi connectivity index (χ4n) is 3.13. The van der Waals surface area contributed by atoms with Gasteiger partial charge in [0.05, 0.1) is 19.3 Å². The van der Waals surface area contributed by atoms with E-state index in [1.54, 1.807) is 0 Å². The number of hydrogen-bond acceptors (Lipinski definition) is 5. The Morgan fingerprint density at radius 3 is 2.83 bits per heavy atom. The van der Waals surface area contributed by atoms with Crippen molar-refractivity contribution in [1.82, 2.24) is 20.9 Å². The third-order valence-corrected chi connectivity index (χ3v) is 4.80. The van der Waals surface area contributed by atoms with E-state index >= 15 is 0 Å². The molecule has 1 saturated heterocycles. The van der Waals surface area contributed by atoms with Crippen molar-refractivity contribution in [3.63, 3.8) is 0 Å². The molecule has 1 atom stereocenters. The van der Waals surface area contributed by atoms with Gasteiger partial charge in [-0.15, -0.1) is 24.0 Å². The maximum absolute atomic E-state index is 11.7. The molecule has 3 rings (SSSR count). The van der Waals surface area contributed by atoms with E-state index in [1.165, 1.54) is 0 Å². The summed E-state index contributed by atoms with van der Waals surface area (Å²) in [5.41, 5.74) is 1.11. The van der Waals surface area contributed by atoms with E-state index in [4.69, 9.17) is 4.74 Å². The second-order valence-corrected chi connectivity index (χ2v) is 7.34. The molecule has 1 amide bonds. The van der Waals surface area contributed by atoms with E-state index in [0.717, 1.165) is 56.4 Å². The molecule has 1 aromatic heterocycles. The lowest BCUT2D eigenvalue weighted by Crippen LogP contribution is -2.42. The number of aliphatic imine (C=N–C) groups is 1. The molecule has 0 bridgehead atoms. The predicted molar refractivity (Wildman–Crippen MR) is 126 cm³/mol. The molecule has 29 heavy (non-hydrogen) atoms. The molecule has 9 heteroatoms. The Hall–Kier alpha value is -1.62. The van der Waals surface area contributed by atoms with E-state index in [1.807, 2.05) is 19.2 Å². The van der Waals surface area contributed by atoms with Crippen LogP contribution in [-0.4, -0.2) is 62.3 Å². The second-order valence-electron chi connectivity index (χ2n) is 7.34. The van der Waals surface area contributed by atoms with Gasteiger partial charge in [-0.05, 0) is 44.4 Å². The van der Waals surface area contributed by atoms with Gasteiger partial charge in [-0.3, -0.25) is 4.79 Å². The first-order valence-corrected chi connectivity index (χ1v) is 10.3. The number of nitrogens with one attached hydrogen (secondary N) is 3. The number of carbonyl (C=O) groups is 1. The number of carbonyl (C=O) groups excluding carboxylic acids is 1. The summed E-state index contributed by atoms with van der Waals surface area (Å²) in [7, 11) is 0. The van der Waals surface area contributed by atoms with Crippen molar-refractivity contribution in [3.05, 3.63) is 23.9 Å². The summed E-state index contributed by atoms with van der Waals surface area (Å²) in [6.07, 6.45) is 4.12. The molecule has 0 aromatic carbocycles. The number of aromatic nitrogens is 1. The molecule has 2 aliphatic rings. The van der Waals surface area contributed by atoms with Crippen molar-refractivity contribution in [3.8, 4) is 0 Å². The lowest BCUT2D eigenvalue weighted by molar-refractivity contribution is -0.122. The highest BCUT2D eigenvalue weighted by Gasteiger charge is 2.28. The third kappa shape index (κ3) is 7.96. The first kappa shape index (κ1) is 23.7. The standard InChI is InChI=1S/C20H32N6O2.HI/c1-3-21-20(24-9-8-23-19(27)17-4-5-17)25-13-16-6-7-22-18(12-16)26-10-11-28-15(2)14-26;/h6-7,12,15,17H,3-5,8-11,13-14H2,1-2H3,(H,23,27)(H2,21,24,25);1H.